The fourth-order valence-electron chi connectivity index (χ4n) is 2.90. The summed E-state index contributed by atoms with van der Waals surface area (Å²) in [5.41, 5.74) is 1.06. The number of fused-ring (bicyclic) bond motifs is 1. The number of nitrogens with zero attached hydrogens (tertiary/aromatic N) is 4. The predicted molar refractivity (Wildman–Crippen MR) is 107 cm³/mol. The van der Waals surface area contributed by atoms with E-state index in [-0.39, 0.29) is 21.2 Å². The van der Waals surface area contributed by atoms with Gasteiger partial charge in [0.05, 0.1) is 32.5 Å². The van der Waals surface area contributed by atoms with Crippen molar-refractivity contribution in [2.75, 3.05) is 11.9 Å². The molecule has 4 rings (SSSR count). The third kappa shape index (κ3) is 3.57. The van der Waals surface area contributed by atoms with Gasteiger partial charge in [-0.3, -0.25) is 19.3 Å². The second-order valence-electron chi connectivity index (χ2n) is 6.06. The highest BCUT2D eigenvalue weighted by Gasteiger charge is 2.37. The van der Waals surface area contributed by atoms with Gasteiger partial charge in [-0.1, -0.05) is 34.8 Å². The van der Waals surface area contributed by atoms with Crippen LogP contribution in [0.2, 0.25) is 15.1 Å². The minimum Gasteiger partial charge on any atom is -0.323 e. The van der Waals surface area contributed by atoms with Gasteiger partial charge in [0.15, 0.2) is 0 Å². The molecule has 11 heteroatoms. The molecule has 1 N–H and O–H groups in total. The minimum atomic E-state index is -0.624. The molecule has 2 heterocycles. The molecule has 3 aromatic rings. The summed E-state index contributed by atoms with van der Waals surface area (Å²) in [5, 5.41) is 7.35. The van der Waals surface area contributed by atoms with Crippen LogP contribution in [-0.4, -0.2) is 43.9 Å². The third-order valence-electron chi connectivity index (χ3n) is 4.21. The van der Waals surface area contributed by atoms with Gasteiger partial charge < -0.3 is 5.32 Å². The lowest BCUT2D eigenvalue weighted by atomic mass is 10.1. The van der Waals surface area contributed by atoms with Crippen molar-refractivity contribution >= 4 is 58.2 Å². The highest BCUT2D eigenvalue weighted by molar-refractivity contribution is 6.43. The first-order chi connectivity index (χ1) is 13.8. The van der Waals surface area contributed by atoms with E-state index < -0.39 is 24.3 Å². The smallest absolute Gasteiger partial charge is 0.262 e. The minimum absolute atomic E-state index is 0.100. The van der Waals surface area contributed by atoms with Crippen LogP contribution in [-0.2, 0) is 4.79 Å². The van der Waals surface area contributed by atoms with E-state index in [1.807, 2.05) is 0 Å². The molecular weight excluding hydrogens is 441 g/mol. The van der Waals surface area contributed by atoms with Crippen LogP contribution in [0.4, 0.5) is 5.69 Å². The van der Waals surface area contributed by atoms with Crippen molar-refractivity contribution in [1.82, 2.24) is 19.7 Å². The number of nitrogens with one attached hydrogen (secondary N) is 1. The summed E-state index contributed by atoms with van der Waals surface area (Å²) >= 11 is 17.9. The first-order valence-corrected chi connectivity index (χ1v) is 9.28. The van der Waals surface area contributed by atoms with Gasteiger partial charge in [-0.05, 0) is 30.3 Å². The largest absolute Gasteiger partial charge is 0.323 e. The number of rotatable bonds is 4. The molecule has 1 aliphatic heterocycles. The Morgan fingerprint density at radius 2 is 1.66 bits per heavy atom. The van der Waals surface area contributed by atoms with Gasteiger partial charge in [0.1, 0.15) is 19.2 Å². The average molecular weight is 451 g/mol. The Hall–Kier alpha value is -2.94. The van der Waals surface area contributed by atoms with Gasteiger partial charge in [-0.25, -0.2) is 9.67 Å². The van der Waals surface area contributed by atoms with Crippen molar-refractivity contribution in [2.24, 2.45) is 0 Å². The Balaban J connectivity index is 1.57. The van der Waals surface area contributed by atoms with E-state index in [0.29, 0.717) is 16.4 Å². The first kappa shape index (κ1) is 19.4. The average Bonchev–Trinajstić information content (AvgIpc) is 3.27. The maximum absolute atomic E-state index is 12.6. The van der Waals surface area contributed by atoms with E-state index in [4.69, 9.17) is 34.8 Å². The van der Waals surface area contributed by atoms with Crippen LogP contribution in [0.25, 0.3) is 5.69 Å². The van der Waals surface area contributed by atoms with Crippen molar-refractivity contribution in [3.63, 3.8) is 0 Å². The molecule has 2 aromatic carbocycles. The van der Waals surface area contributed by atoms with Crippen LogP contribution in [0, 0.1) is 0 Å². The summed E-state index contributed by atoms with van der Waals surface area (Å²) in [6, 6.07) is 7.44. The van der Waals surface area contributed by atoms with E-state index >= 15 is 0 Å². The van der Waals surface area contributed by atoms with Gasteiger partial charge in [0.25, 0.3) is 11.8 Å². The van der Waals surface area contributed by atoms with Gasteiger partial charge in [-0.15, -0.1) is 0 Å². The molecule has 0 radical (unpaired) electrons. The maximum atomic E-state index is 12.6. The molecule has 3 amide bonds. The Labute approximate surface area is 179 Å². The predicted octanol–water partition coefficient (Wildman–Crippen LogP) is 3.46. The molecule has 0 spiro atoms. The molecule has 0 atom stereocenters. The topological polar surface area (TPSA) is 97.2 Å². The van der Waals surface area contributed by atoms with E-state index in [1.165, 1.54) is 35.5 Å². The van der Waals surface area contributed by atoms with Crippen LogP contribution in [0.15, 0.2) is 43.0 Å². The first-order valence-electron chi connectivity index (χ1n) is 8.15. The molecule has 0 saturated carbocycles. The number of hydrogen-bond donors (Lipinski definition) is 1. The lowest BCUT2D eigenvalue weighted by Crippen LogP contribution is -2.37. The number of hydrogen-bond acceptors (Lipinski definition) is 5. The molecule has 29 heavy (non-hydrogen) atoms. The number of carbonyl (C=O) groups excluding carboxylic acids is 3. The molecule has 0 aliphatic carbocycles. The second kappa shape index (κ2) is 7.47. The highest BCUT2D eigenvalue weighted by atomic mass is 35.5. The lowest BCUT2D eigenvalue weighted by molar-refractivity contribution is -0.116. The van der Waals surface area contributed by atoms with Crippen LogP contribution in [0.5, 0.6) is 0 Å². The van der Waals surface area contributed by atoms with Gasteiger partial charge in [0.2, 0.25) is 5.91 Å². The number of carbonyl (C=O) groups is 3. The SMILES string of the molecule is O=C(CN1C(=O)c2cc(Cl)c(Cl)cc2C1=O)Nc1cc(Cl)ccc1-n1cncn1. The van der Waals surface area contributed by atoms with E-state index in [2.05, 4.69) is 15.4 Å². The number of imide groups is 1. The van der Waals surface area contributed by atoms with Crippen LogP contribution in [0.3, 0.4) is 0 Å². The zero-order valence-corrected chi connectivity index (χ0v) is 16.7. The van der Waals surface area contributed by atoms with Crippen LogP contribution < -0.4 is 5.32 Å². The molecule has 0 bridgehead atoms. The lowest BCUT2D eigenvalue weighted by Gasteiger charge is -2.15. The van der Waals surface area contributed by atoms with Crippen molar-refractivity contribution < 1.29 is 14.4 Å². The van der Waals surface area contributed by atoms with Crippen LogP contribution in [0.1, 0.15) is 20.7 Å². The van der Waals surface area contributed by atoms with Crippen molar-refractivity contribution in [2.45, 2.75) is 0 Å². The Bertz CT molecular complexity index is 1120. The van der Waals surface area contributed by atoms with Gasteiger partial charge >= 0.3 is 0 Å². The fraction of sp³-hybridized carbons (Fsp3) is 0.0556. The van der Waals surface area contributed by atoms with Gasteiger partial charge in [0, 0.05) is 5.02 Å². The highest BCUT2D eigenvalue weighted by Crippen LogP contribution is 2.31. The summed E-state index contributed by atoms with van der Waals surface area (Å²) in [5.74, 6) is -1.84. The number of amides is 3. The standard InChI is InChI=1S/C18H10Cl3N5O3/c19-9-1-2-15(26-8-22-7-23-26)14(3-9)24-16(27)6-25-17(28)10-4-12(20)13(21)5-11(10)18(25)29/h1-5,7-8H,6H2,(H,24,27). The van der Waals surface area contributed by atoms with Crippen molar-refractivity contribution in [1.29, 1.82) is 0 Å². The van der Waals surface area contributed by atoms with E-state index in [0.717, 1.165) is 4.90 Å². The normalized spacial score (nSPS) is 13.0. The fourth-order valence-corrected chi connectivity index (χ4v) is 3.40. The summed E-state index contributed by atoms with van der Waals surface area (Å²) < 4.78 is 1.44. The number of halogens is 3. The summed E-state index contributed by atoms with van der Waals surface area (Å²) in [6.07, 6.45) is 2.80. The summed E-state index contributed by atoms with van der Waals surface area (Å²) in [7, 11) is 0. The molecule has 0 saturated heterocycles. The van der Waals surface area contributed by atoms with E-state index in [1.54, 1.807) is 12.1 Å². The number of aromatic nitrogens is 3. The van der Waals surface area contributed by atoms with Gasteiger partial charge in [-0.2, -0.15) is 5.10 Å². The molecular formula is C18H10Cl3N5O3. The Kier molecular flexibility index (Phi) is 4.99. The molecule has 8 nitrogen and oxygen atoms in total. The molecule has 146 valence electrons. The zero-order valence-electron chi connectivity index (χ0n) is 14.4. The Morgan fingerprint density at radius 1 is 1.00 bits per heavy atom. The van der Waals surface area contributed by atoms with Crippen molar-refractivity contribution in [3.05, 3.63) is 69.2 Å². The number of benzene rings is 2. The zero-order chi connectivity index (χ0) is 20.7. The third-order valence-corrected chi connectivity index (χ3v) is 5.17. The molecule has 1 aliphatic rings. The summed E-state index contributed by atoms with van der Waals surface area (Å²) in [4.78, 5) is 42.4. The maximum Gasteiger partial charge on any atom is 0.262 e. The Morgan fingerprint density at radius 3 is 2.24 bits per heavy atom. The van der Waals surface area contributed by atoms with Crippen molar-refractivity contribution in [3.8, 4) is 5.69 Å². The quantitative estimate of drug-likeness (QED) is 0.614. The van der Waals surface area contributed by atoms with Crippen LogP contribution >= 0.6 is 34.8 Å². The molecule has 0 unspecified atom stereocenters. The molecule has 1 aromatic heterocycles. The monoisotopic (exact) mass is 449 g/mol. The van der Waals surface area contributed by atoms with E-state index in [9.17, 15) is 14.4 Å². The number of anilines is 1. The summed E-state index contributed by atoms with van der Waals surface area (Å²) in [6.45, 7) is -0.495. The molecule has 0 fully saturated rings. The second-order valence-corrected chi connectivity index (χ2v) is 7.31.